The van der Waals surface area contributed by atoms with E-state index in [1.807, 2.05) is 17.5 Å². The topological polar surface area (TPSA) is 76.7 Å². The second kappa shape index (κ2) is 8.56. The highest BCUT2D eigenvalue weighted by molar-refractivity contribution is 7.10. The first-order valence-electron chi connectivity index (χ1n) is 7.04. The van der Waals surface area contributed by atoms with Crippen molar-refractivity contribution in [1.29, 1.82) is 0 Å². The Kier molecular flexibility index (Phi) is 6.45. The molecule has 0 radical (unpaired) electrons. The first-order chi connectivity index (χ1) is 11.5. The standard InChI is InChI=1S/C16H17ClN2O4S/c1-22-13-8-12(14(23-2)7-11(13)17)19-16(21)9-18-15(20)6-10-4-3-5-24-10/h3-5,7-8H,6,9H2,1-2H3,(H,18,20)(H,19,21). The van der Waals surface area contributed by atoms with Crippen LogP contribution in [0.4, 0.5) is 5.69 Å². The summed E-state index contributed by atoms with van der Waals surface area (Å²) >= 11 is 7.51. The summed E-state index contributed by atoms with van der Waals surface area (Å²) in [7, 11) is 2.95. The van der Waals surface area contributed by atoms with Crippen LogP contribution in [0, 0.1) is 0 Å². The van der Waals surface area contributed by atoms with Crippen molar-refractivity contribution in [3.8, 4) is 11.5 Å². The zero-order valence-corrected chi connectivity index (χ0v) is 14.8. The number of hydrogen-bond donors (Lipinski definition) is 2. The molecule has 0 saturated carbocycles. The molecule has 2 rings (SSSR count). The van der Waals surface area contributed by atoms with Crippen LogP contribution >= 0.6 is 22.9 Å². The van der Waals surface area contributed by atoms with E-state index in [0.717, 1.165) is 4.88 Å². The maximum Gasteiger partial charge on any atom is 0.243 e. The number of hydrogen-bond acceptors (Lipinski definition) is 5. The molecule has 1 aromatic heterocycles. The van der Waals surface area contributed by atoms with Gasteiger partial charge in [0, 0.05) is 17.0 Å². The van der Waals surface area contributed by atoms with E-state index in [4.69, 9.17) is 21.1 Å². The average Bonchev–Trinajstić information content (AvgIpc) is 3.07. The van der Waals surface area contributed by atoms with Gasteiger partial charge in [0.15, 0.2) is 0 Å². The molecule has 0 spiro atoms. The molecule has 0 bridgehead atoms. The van der Waals surface area contributed by atoms with Crippen molar-refractivity contribution in [2.75, 3.05) is 26.1 Å². The number of amides is 2. The number of methoxy groups -OCH3 is 2. The van der Waals surface area contributed by atoms with Crippen molar-refractivity contribution in [1.82, 2.24) is 5.32 Å². The van der Waals surface area contributed by atoms with Crippen molar-refractivity contribution >= 4 is 40.4 Å². The van der Waals surface area contributed by atoms with Crippen molar-refractivity contribution in [3.63, 3.8) is 0 Å². The highest BCUT2D eigenvalue weighted by Crippen LogP contribution is 2.35. The Labute approximate surface area is 148 Å². The minimum Gasteiger partial charge on any atom is -0.495 e. The number of thiophene rings is 1. The zero-order chi connectivity index (χ0) is 17.5. The van der Waals surface area contributed by atoms with Gasteiger partial charge in [-0.3, -0.25) is 9.59 Å². The third-order valence-corrected chi connectivity index (χ3v) is 4.28. The van der Waals surface area contributed by atoms with E-state index in [2.05, 4.69) is 10.6 Å². The molecule has 8 heteroatoms. The summed E-state index contributed by atoms with van der Waals surface area (Å²) < 4.78 is 10.3. The lowest BCUT2D eigenvalue weighted by Gasteiger charge is -2.13. The van der Waals surface area contributed by atoms with Crippen LogP contribution in [-0.4, -0.2) is 32.6 Å². The Bertz CT molecular complexity index is 719. The Morgan fingerprint density at radius 1 is 1.17 bits per heavy atom. The first kappa shape index (κ1) is 18.1. The fourth-order valence-electron chi connectivity index (χ4n) is 1.97. The predicted octanol–water partition coefficient (Wildman–Crippen LogP) is 2.72. The van der Waals surface area contributed by atoms with Gasteiger partial charge in [-0.25, -0.2) is 0 Å². The molecule has 0 aliphatic heterocycles. The van der Waals surface area contributed by atoms with Gasteiger partial charge in [-0.05, 0) is 11.4 Å². The van der Waals surface area contributed by atoms with E-state index in [1.54, 1.807) is 12.1 Å². The molecule has 0 aliphatic rings. The van der Waals surface area contributed by atoms with E-state index in [-0.39, 0.29) is 24.8 Å². The molecule has 6 nitrogen and oxygen atoms in total. The Balaban J connectivity index is 1.93. The van der Waals surface area contributed by atoms with Crippen LogP contribution in [-0.2, 0) is 16.0 Å². The molecule has 1 aromatic carbocycles. The largest absolute Gasteiger partial charge is 0.495 e. The van der Waals surface area contributed by atoms with Crippen molar-refractivity contribution in [2.45, 2.75) is 6.42 Å². The second-order valence-corrected chi connectivity index (χ2v) is 6.21. The SMILES string of the molecule is COc1cc(NC(=O)CNC(=O)Cc2cccs2)c(OC)cc1Cl. The van der Waals surface area contributed by atoms with E-state index < -0.39 is 0 Å². The third kappa shape index (κ3) is 4.87. The summed E-state index contributed by atoms with van der Waals surface area (Å²) in [6.07, 6.45) is 0.253. The quantitative estimate of drug-likeness (QED) is 0.787. The highest BCUT2D eigenvalue weighted by Gasteiger charge is 2.13. The lowest BCUT2D eigenvalue weighted by molar-refractivity contribution is -0.123. The van der Waals surface area contributed by atoms with Gasteiger partial charge in [-0.1, -0.05) is 17.7 Å². The van der Waals surface area contributed by atoms with Crippen LogP contribution in [0.15, 0.2) is 29.6 Å². The molecule has 2 N–H and O–H groups in total. The van der Waals surface area contributed by atoms with Gasteiger partial charge >= 0.3 is 0 Å². The summed E-state index contributed by atoms with van der Waals surface area (Å²) in [5.41, 5.74) is 0.413. The van der Waals surface area contributed by atoms with Gasteiger partial charge < -0.3 is 20.1 Å². The molecule has 0 atom stereocenters. The zero-order valence-electron chi connectivity index (χ0n) is 13.2. The van der Waals surface area contributed by atoms with Crippen LogP contribution < -0.4 is 20.1 Å². The smallest absolute Gasteiger partial charge is 0.243 e. The number of ether oxygens (including phenoxy) is 2. The number of carbonyl (C=O) groups excluding carboxylic acids is 2. The minimum atomic E-state index is -0.378. The molecular formula is C16H17ClN2O4S. The number of carbonyl (C=O) groups is 2. The monoisotopic (exact) mass is 368 g/mol. The van der Waals surface area contributed by atoms with Gasteiger partial charge in [0.1, 0.15) is 11.5 Å². The summed E-state index contributed by atoms with van der Waals surface area (Å²) in [5.74, 6) is 0.221. The van der Waals surface area contributed by atoms with Crippen molar-refractivity contribution in [3.05, 3.63) is 39.5 Å². The average molecular weight is 369 g/mol. The van der Waals surface area contributed by atoms with E-state index in [1.165, 1.54) is 25.6 Å². The molecule has 0 aliphatic carbocycles. The minimum absolute atomic E-state index is 0.141. The molecular weight excluding hydrogens is 352 g/mol. The number of rotatable bonds is 7. The Morgan fingerprint density at radius 2 is 1.92 bits per heavy atom. The predicted molar refractivity (Wildman–Crippen MR) is 94.2 cm³/mol. The van der Waals surface area contributed by atoms with E-state index in [0.29, 0.717) is 22.2 Å². The fourth-order valence-corrected chi connectivity index (χ4v) is 2.90. The lowest BCUT2D eigenvalue weighted by Crippen LogP contribution is -2.33. The molecule has 128 valence electrons. The number of halogens is 1. The Morgan fingerprint density at radius 3 is 2.54 bits per heavy atom. The van der Waals surface area contributed by atoms with Gasteiger partial charge in [0.05, 0.1) is 37.9 Å². The van der Waals surface area contributed by atoms with Crippen LogP contribution in [0.3, 0.4) is 0 Å². The lowest BCUT2D eigenvalue weighted by atomic mass is 10.2. The van der Waals surface area contributed by atoms with E-state index >= 15 is 0 Å². The van der Waals surface area contributed by atoms with Crippen molar-refractivity contribution < 1.29 is 19.1 Å². The summed E-state index contributed by atoms with van der Waals surface area (Å²) in [6.45, 7) is -0.141. The van der Waals surface area contributed by atoms with Gasteiger partial charge in [0.25, 0.3) is 0 Å². The van der Waals surface area contributed by atoms with Crippen LogP contribution in [0.2, 0.25) is 5.02 Å². The maximum absolute atomic E-state index is 12.0. The third-order valence-electron chi connectivity index (χ3n) is 3.11. The fraction of sp³-hybridized carbons (Fsp3) is 0.250. The molecule has 24 heavy (non-hydrogen) atoms. The second-order valence-electron chi connectivity index (χ2n) is 4.77. The van der Waals surface area contributed by atoms with Crippen LogP contribution in [0.1, 0.15) is 4.88 Å². The van der Waals surface area contributed by atoms with Crippen LogP contribution in [0.5, 0.6) is 11.5 Å². The molecule has 0 saturated heterocycles. The van der Waals surface area contributed by atoms with Crippen LogP contribution in [0.25, 0.3) is 0 Å². The number of nitrogens with one attached hydrogen (secondary N) is 2. The molecule has 2 aromatic rings. The number of benzene rings is 1. The normalized spacial score (nSPS) is 10.1. The maximum atomic E-state index is 12.0. The van der Waals surface area contributed by atoms with Crippen molar-refractivity contribution in [2.24, 2.45) is 0 Å². The van der Waals surface area contributed by atoms with Gasteiger partial charge in [-0.2, -0.15) is 0 Å². The summed E-state index contributed by atoms with van der Waals surface area (Å²) in [4.78, 5) is 24.8. The molecule has 0 unspecified atom stereocenters. The molecule has 1 heterocycles. The Hall–Kier alpha value is -2.25. The summed E-state index contributed by atoms with van der Waals surface area (Å²) in [5, 5.41) is 7.51. The highest BCUT2D eigenvalue weighted by atomic mass is 35.5. The van der Waals surface area contributed by atoms with Gasteiger partial charge in [0.2, 0.25) is 11.8 Å². The van der Waals surface area contributed by atoms with E-state index in [9.17, 15) is 9.59 Å². The van der Waals surface area contributed by atoms with Gasteiger partial charge in [-0.15, -0.1) is 11.3 Å². The summed E-state index contributed by atoms with van der Waals surface area (Å²) in [6, 6.07) is 6.85. The number of anilines is 1. The first-order valence-corrected chi connectivity index (χ1v) is 8.29. The molecule has 0 fully saturated rings. The molecule has 2 amide bonds.